The summed E-state index contributed by atoms with van der Waals surface area (Å²) >= 11 is 0. The number of phenols is 1. The maximum absolute atomic E-state index is 17.0. The van der Waals surface area contributed by atoms with Crippen molar-refractivity contribution in [2.24, 2.45) is 0 Å². The Bertz CT molecular complexity index is 1900. The molecule has 0 unspecified atom stereocenters. The highest BCUT2D eigenvalue weighted by atomic mass is 19.1. The number of halogens is 2. The van der Waals surface area contributed by atoms with Gasteiger partial charge in [0.05, 0.1) is 23.1 Å². The molecule has 1 atom stereocenters. The van der Waals surface area contributed by atoms with Gasteiger partial charge in [0, 0.05) is 24.8 Å². The van der Waals surface area contributed by atoms with E-state index in [1.54, 1.807) is 12.3 Å². The van der Waals surface area contributed by atoms with E-state index >= 15 is 8.78 Å². The number of carbonyl (C=O) groups is 1. The zero-order chi connectivity index (χ0) is 32.3. The molecule has 5 aliphatic rings. The third-order valence-corrected chi connectivity index (χ3v) is 10.5. The van der Waals surface area contributed by atoms with Gasteiger partial charge in [-0.15, -0.1) is 0 Å². The number of nitrogens with one attached hydrogen (secondary N) is 1. The van der Waals surface area contributed by atoms with Gasteiger partial charge < -0.3 is 24.8 Å². The van der Waals surface area contributed by atoms with E-state index in [-0.39, 0.29) is 47.1 Å². The van der Waals surface area contributed by atoms with Crippen LogP contribution in [0.25, 0.3) is 32.9 Å². The van der Waals surface area contributed by atoms with Gasteiger partial charge in [-0.1, -0.05) is 6.07 Å². The molecule has 3 fully saturated rings. The fourth-order valence-corrected chi connectivity index (χ4v) is 8.32. The standard InChI is InChI=1S/C35H38F2N6O4/c1-34-9-3-12-42(19-34)31-25-18-38-29(28(37)30(25)39-32(40-31)47-20-35-10-4-13-43(35)14-5-11-35)24-17-22(44)16-21-7-8-26(36)23(27(21)24)6-2-15-46-33(45)41-34/h7-8,16-18,44H,2-6,9-15,19-20H2,1H3,(H,41,45)/t34-/m1/s1. The number of fused-ring (bicyclic) bond motifs is 7. The quantitative estimate of drug-likeness (QED) is 0.283. The molecule has 6 bridgehead atoms. The molecular formula is C35H38F2N6O4. The lowest BCUT2D eigenvalue weighted by Crippen LogP contribution is -2.57. The molecule has 0 aliphatic carbocycles. The first kappa shape index (κ1) is 30.0. The number of aromatic nitrogens is 3. The van der Waals surface area contributed by atoms with Crippen molar-refractivity contribution in [3.05, 3.63) is 47.7 Å². The number of pyridine rings is 1. The van der Waals surface area contributed by atoms with E-state index < -0.39 is 23.3 Å². The van der Waals surface area contributed by atoms with Crippen molar-refractivity contribution in [1.29, 1.82) is 0 Å². The molecule has 0 saturated carbocycles. The maximum Gasteiger partial charge on any atom is 0.407 e. The molecule has 2 aromatic carbocycles. The van der Waals surface area contributed by atoms with Crippen molar-refractivity contribution >= 4 is 33.6 Å². The fraction of sp³-hybridized carbons (Fsp3) is 0.486. The van der Waals surface area contributed by atoms with Gasteiger partial charge in [0.2, 0.25) is 0 Å². The second-order valence-corrected chi connectivity index (χ2v) is 13.8. The topological polar surface area (TPSA) is 113 Å². The highest BCUT2D eigenvalue weighted by Crippen LogP contribution is 2.41. The summed E-state index contributed by atoms with van der Waals surface area (Å²) in [4.78, 5) is 31.5. The molecule has 4 aromatic rings. The SMILES string of the molecule is C[C@@]12CCCN(C1)c1nc(OCC34CCCN3CCC4)nc3c(F)c(ncc13)-c1cc(O)cc3ccc(F)c(c13)CCCOC(=O)N2. The average molecular weight is 645 g/mol. The molecule has 5 aliphatic heterocycles. The first-order valence-electron chi connectivity index (χ1n) is 16.6. The highest BCUT2D eigenvalue weighted by molar-refractivity contribution is 6.01. The van der Waals surface area contributed by atoms with Crippen LogP contribution >= 0.6 is 0 Å². The Hall–Kier alpha value is -4.32. The second-order valence-electron chi connectivity index (χ2n) is 13.8. The Morgan fingerprint density at radius 3 is 2.70 bits per heavy atom. The Kier molecular flexibility index (Phi) is 7.31. The number of aromatic hydroxyl groups is 1. The second kappa shape index (κ2) is 11.4. The van der Waals surface area contributed by atoms with Crippen LogP contribution in [0.1, 0.15) is 57.4 Å². The molecule has 3 saturated heterocycles. The van der Waals surface area contributed by atoms with Gasteiger partial charge >= 0.3 is 12.1 Å². The minimum absolute atomic E-state index is 0.0283. The predicted octanol–water partition coefficient (Wildman–Crippen LogP) is 5.87. The molecule has 9 rings (SSSR count). The van der Waals surface area contributed by atoms with Crippen LogP contribution in [0.2, 0.25) is 0 Å². The summed E-state index contributed by atoms with van der Waals surface area (Å²) in [6.45, 7) is 5.54. The van der Waals surface area contributed by atoms with Gasteiger partial charge in [-0.25, -0.2) is 13.6 Å². The molecule has 1 amide bonds. The summed E-state index contributed by atoms with van der Waals surface area (Å²) in [5.74, 6) is -0.822. The molecule has 7 heterocycles. The lowest BCUT2D eigenvalue weighted by atomic mass is 9.91. The molecule has 0 spiro atoms. The summed E-state index contributed by atoms with van der Waals surface area (Å²) in [6.07, 6.45) is 7.31. The van der Waals surface area contributed by atoms with E-state index in [4.69, 9.17) is 14.5 Å². The number of amides is 1. The molecule has 0 radical (unpaired) electrons. The number of nitrogens with zero attached hydrogens (tertiary/aromatic N) is 5. The number of phenolic OH excluding ortho intramolecular Hbond substituents is 1. The van der Waals surface area contributed by atoms with E-state index in [0.717, 1.165) is 45.2 Å². The van der Waals surface area contributed by atoms with Crippen LogP contribution in [-0.2, 0) is 11.2 Å². The minimum Gasteiger partial charge on any atom is -0.508 e. The van der Waals surface area contributed by atoms with Gasteiger partial charge in [-0.3, -0.25) is 9.88 Å². The van der Waals surface area contributed by atoms with Gasteiger partial charge in [-0.2, -0.15) is 9.97 Å². The van der Waals surface area contributed by atoms with E-state index in [1.807, 2.05) is 11.8 Å². The summed E-state index contributed by atoms with van der Waals surface area (Å²) < 4.78 is 44.3. The largest absolute Gasteiger partial charge is 0.508 e. The van der Waals surface area contributed by atoms with E-state index in [0.29, 0.717) is 60.1 Å². The number of alkyl carbamates (subject to hydrolysis) is 1. The molecule has 12 heteroatoms. The Labute approximate surface area is 271 Å². The first-order valence-corrected chi connectivity index (χ1v) is 16.6. The Morgan fingerprint density at radius 1 is 1.06 bits per heavy atom. The Morgan fingerprint density at radius 2 is 1.87 bits per heavy atom. The molecule has 246 valence electrons. The predicted molar refractivity (Wildman–Crippen MR) is 173 cm³/mol. The third kappa shape index (κ3) is 5.26. The fourth-order valence-electron chi connectivity index (χ4n) is 8.32. The lowest BCUT2D eigenvalue weighted by molar-refractivity contribution is 0.107. The average Bonchev–Trinajstić information content (AvgIpc) is 3.63. The molecule has 47 heavy (non-hydrogen) atoms. The lowest BCUT2D eigenvalue weighted by Gasteiger charge is -2.41. The summed E-state index contributed by atoms with van der Waals surface area (Å²) in [5, 5.41) is 15.1. The third-order valence-electron chi connectivity index (χ3n) is 10.5. The van der Waals surface area contributed by atoms with Gasteiger partial charge in [0.1, 0.15) is 35.2 Å². The normalized spacial score (nSPS) is 22.8. The van der Waals surface area contributed by atoms with E-state index in [1.165, 1.54) is 18.2 Å². The first-order chi connectivity index (χ1) is 22.7. The molecule has 2 N–H and O–H groups in total. The summed E-state index contributed by atoms with van der Waals surface area (Å²) in [6, 6.07) is 5.88. The molecule has 10 nitrogen and oxygen atoms in total. The highest BCUT2D eigenvalue weighted by Gasteiger charge is 2.45. The van der Waals surface area contributed by atoms with Crippen molar-refractivity contribution in [1.82, 2.24) is 25.2 Å². The van der Waals surface area contributed by atoms with Crippen LogP contribution in [-0.4, -0.2) is 81.5 Å². The summed E-state index contributed by atoms with van der Waals surface area (Å²) in [5.41, 5.74) is -0.172. The van der Waals surface area contributed by atoms with Crippen molar-refractivity contribution in [3.8, 4) is 23.0 Å². The van der Waals surface area contributed by atoms with Gasteiger partial charge in [0.15, 0.2) is 5.82 Å². The minimum atomic E-state index is -0.708. The van der Waals surface area contributed by atoms with E-state index in [2.05, 4.69) is 20.2 Å². The monoisotopic (exact) mass is 644 g/mol. The van der Waals surface area contributed by atoms with Crippen LogP contribution < -0.4 is 15.0 Å². The van der Waals surface area contributed by atoms with Crippen LogP contribution in [0.3, 0.4) is 0 Å². The molecule has 2 aromatic heterocycles. The van der Waals surface area contributed by atoms with Crippen molar-refractivity contribution in [2.45, 2.75) is 69.4 Å². The summed E-state index contributed by atoms with van der Waals surface area (Å²) in [7, 11) is 0. The van der Waals surface area contributed by atoms with Crippen molar-refractivity contribution < 1.29 is 28.2 Å². The number of piperidine rings is 1. The van der Waals surface area contributed by atoms with Crippen LogP contribution in [0.15, 0.2) is 30.5 Å². The number of rotatable bonds is 3. The zero-order valence-corrected chi connectivity index (χ0v) is 26.5. The number of aryl methyl sites for hydroxylation is 1. The van der Waals surface area contributed by atoms with Crippen LogP contribution in [0.5, 0.6) is 11.8 Å². The maximum atomic E-state index is 17.0. The van der Waals surface area contributed by atoms with Crippen LogP contribution in [0.4, 0.5) is 19.4 Å². The van der Waals surface area contributed by atoms with E-state index in [9.17, 15) is 9.90 Å². The number of hydrogen-bond donors (Lipinski definition) is 2. The van der Waals surface area contributed by atoms with Gasteiger partial charge in [0.25, 0.3) is 0 Å². The number of anilines is 1. The number of hydrogen-bond acceptors (Lipinski definition) is 9. The smallest absolute Gasteiger partial charge is 0.407 e. The number of benzene rings is 2. The van der Waals surface area contributed by atoms with Crippen LogP contribution in [0, 0.1) is 11.6 Å². The molecular weight excluding hydrogens is 606 g/mol. The van der Waals surface area contributed by atoms with Crippen molar-refractivity contribution in [2.75, 3.05) is 44.3 Å². The number of carbonyl (C=O) groups excluding carboxylic acids is 1. The zero-order valence-electron chi connectivity index (χ0n) is 26.5. The van der Waals surface area contributed by atoms with Gasteiger partial charge in [-0.05, 0) is 106 Å². The van der Waals surface area contributed by atoms with Crippen molar-refractivity contribution in [3.63, 3.8) is 0 Å². The Balaban J connectivity index is 1.32. The number of ether oxygens (including phenoxy) is 2.